The van der Waals surface area contributed by atoms with Gasteiger partial charge in [-0.2, -0.15) is 0 Å². The van der Waals surface area contributed by atoms with Crippen LogP contribution < -0.4 is 0 Å². The Kier molecular flexibility index (Phi) is 5.31. The van der Waals surface area contributed by atoms with Crippen LogP contribution in [0.2, 0.25) is 0 Å². The first-order chi connectivity index (χ1) is 14.6. The summed E-state index contributed by atoms with van der Waals surface area (Å²) in [7, 11) is 0. The number of aliphatic carboxylic acids is 1. The lowest BCUT2D eigenvalue weighted by atomic mass is 9.47. The molecular weight excluding hydrogens is 400 g/mol. The Hall–Kier alpha value is -2.15. The second-order valence-electron chi connectivity index (χ2n) is 10.2. The van der Waals surface area contributed by atoms with Gasteiger partial charge in [0.25, 0.3) is 0 Å². The number of aliphatic hydroxyl groups excluding tert-OH is 1. The Labute approximate surface area is 182 Å². The molecule has 2 N–H and O–H groups in total. The molecule has 0 bridgehead atoms. The molecule has 1 unspecified atom stereocenters. The van der Waals surface area contributed by atoms with Gasteiger partial charge in [0.2, 0.25) is 5.60 Å². The Balaban J connectivity index is 1.63. The summed E-state index contributed by atoms with van der Waals surface area (Å²) in [6.45, 7) is 5.31. The number of carboxylic acid groups (broad SMARTS) is 1. The predicted molar refractivity (Wildman–Crippen MR) is 111 cm³/mol. The van der Waals surface area contributed by atoms with Crippen LogP contribution in [0.5, 0.6) is 0 Å². The minimum absolute atomic E-state index is 0.0429. The van der Waals surface area contributed by atoms with Crippen molar-refractivity contribution >= 4 is 17.9 Å². The number of hydrogen-bond donors (Lipinski definition) is 2. The van der Waals surface area contributed by atoms with Crippen molar-refractivity contribution in [2.24, 2.45) is 28.6 Å². The molecule has 31 heavy (non-hydrogen) atoms. The van der Waals surface area contributed by atoms with E-state index >= 15 is 0 Å². The monoisotopic (exact) mass is 432 g/mol. The van der Waals surface area contributed by atoms with E-state index in [1.54, 1.807) is 12.2 Å². The van der Waals surface area contributed by atoms with E-state index < -0.39 is 29.2 Å². The van der Waals surface area contributed by atoms with E-state index in [9.17, 15) is 19.5 Å². The summed E-state index contributed by atoms with van der Waals surface area (Å²) in [5.74, 6) is -0.344. The van der Waals surface area contributed by atoms with Gasteiger partial charge in [0, 0.05) is 10.8 Å². The first-order valence-corrected chi connectivity index (χ1v) is 11.3. The fourth-order valence-corrected chi connectivity index (χ4v) is 7.13. The Morgan fingerprint density at radius 2 is 1.90 bits per heavy atom. The maximum atomic E-state index is 12.5. The van der Waals surface area contributed by atoms with Gasteiger partial charge in [-0.05, 0) is 75.4 Å². The average molecular weight is 433 g/mol. The fourth-order valence-electron chi connectivity index (χ4n) is 7.13. The molecule has 0 spiro atoms. The van der Waals surface area contributed by atoms with Gasteiger partial charge in [-0.1, -0.05) is 25.5 Å². The summed E-state index contributed by atoms with van der Waals surface area (Å²) in [5.41, 5.74) is -1.33. The molecule has 7 atom stereocenters. The van der Waals surface area contributed by atoms with Crippen LogP contribution in [0.15, 0.2) is 23.8 Å². The summed E-state index contributed by atoms with van der Waals surface area (Å²) in [4.78, 5) is 36.8. The Bertz CT molecular complexity index is 860. The van der Waals surface area contributed by atoms with Gasteiger partial charge in [-0.25, -0.2) is 9.59 Å². The normalized spacial score (nSPS) is 42.0. The molecule has 7 nitrogen and oxygen atoms in total. The van der Waals surface area contributed by atoms with Crippen molar-refractivity contribution in [1.82, 2.24) is 0 Å². The number of carbonyl (C=O) groups is 3. The van der Waals surface area contributed by atoms with Gasteiger partial charge >= 0.3 is 12.1 Å². The highest BCUT2D eigenvalue weighted by molar-refractivity contribution is 6.01. The largest absolute Gasteiger partial charge is 0.509 e. The minimum Gasteiger partial charge on any atom is -0.478 e. The minimum atomic E-state index is -1.63. The molecule has 4 rings (SSSR count). The van der Waals surface area contributed by atoms with E-state index in [-0.39, 0.29) is 30.1 Å². The zero-order valence-corrected chi connectivity index (χ0v) is 18.4. The maximum Gasteiger partial charge on any atom is 0.509 e. The van der Waals surface area contributed by atoms with Crippen molar-refractivity contribution in [3.05, 3.63) is 23.8 Å². The molecular formula is C24H32O7. The third kappa shape index (κ3) is 3.15. The van der Waals surface area contributed by atoms with Crippen molar-refractivity contribution in [3.8, 4) is 0 Å². The third-order valence-corrected chi connectivity index (χ3v) is 8.83. The number of carbonyl (C=O) groups excluding carboxylic acids is 2. The lowest BCUT2D eigenvalue weighted by Crippen LogP contribution is -2.59. The van der Waals surface area contributed by atoms with Crippen LogP contribution in [0.25, 0.3) is 0 Å². The van der Waals surface area contributed by atoms with Gasteiger partial charge in [0.15, 0.2) is 5.78 Å². The highest BCUT2D eigenvalue weighted by Crippen LogP contribution is 2.67. The first kappa shape index (κ1) is 22.1. The number of fused-ring (bicyclic) bond motifs is 5. The quantitative estimate of drug-likeness (QED) is 0.653. The van der Waals surface area contributed by atoms with Crippen molar-refractivity contribution in [3.63, 3.8) is 0 Å². The molecule has 4 aliphatic rings. The molecule has 0 heterocycles. The van der Waals surface area contributed by atoms with Crippen LogP contribution in [-0.4, -0.2) is 46.4 Å². The van der Waals surface area contributed by atoms with Gasteiger partial charge < -0.3 is 19.7 Å². The second kappa shape index (κ2) is 7.47. The van der Waals surface area contributed by atoms with Crippen molar-refractivity contribution < 1.29 is 34.1 Å². The van der Waals surface area contributed by atoms with E-state index in [1.807, 2.05) is 13.0 Å². The molecule has 0 aromatic rings. The van der Waals surface area contributed by atoms with E-state index in [0.717, 1.165) is 19.3 Å². The highest BCUT2D eigenvalue weighted by Gasteiger charge is 2.69. The van der Waals surface area contributed by atoms with E-state index in [1.165, 1.54) is 12.5 Å². The Morgan fingerprint density at radius 1 is 1.19 bits per heavy atom. The number of rotatable bonds is 4. The summed E-state index contributed by atoms with van der Waals surface area (Å²) in [5, 5.41) is 19.4. The molecule has 0 amide bonds. The molecule has 0 radical (unpaired) electrons. The van der Waals surface area contributed by atoms with Crippen LogP contribution in [0.1, 0.15) is 59.3 Å². The molecule has 0 aromatic carbocycles. The van der Waals surface area contributed by atoms with Crippen LogP contribution in [0, 0.1) is 28.6 Å². The molecule has 3 fully saturated rings. The third-order valence-electron chi connectivity index (χ3n) is 8.83. The smallest absolute Gasteiger partial charge is 0.478 e. The highest BCUT2D eigenvalue weighted by atomic mass is 16.7. The van der Waals surface area contributed by atoms with Crippen LogP contribution in [0.3, 0.4) is 0 Å². The van der Waals surface area contributed by atoms with Gasteiger partial charge in [0.05, 0.1) is 6.61 Å². The zero-order valence-electron chi connectivity index (χ0n) is 18.4. The van der Waals surface area contributed by atoms with E-state index in [2.05, 4.69) is 6.92 Å². The van der Waals surface area contributed by atoms with Crippen LogP contribution in [0.4, 0.5) is 4.79 Å². The number of hydrogen-bond acceptors (Lipinski definition) is 6. The van der Waals surface area contributed by atoms with Crippen molar-refractivity contribution in [2.75, 3.05) is 6.61 Å². The van der Waals surface area contributed by atoms with Crippen LogP contribution in [-0.2, 0) is 19.1 Å². The summed E-state index contributed by atoms with van der Waals surface area (Å²) in [6.07, 6.45) is 7.79. The first-order valence-electron chi connectivity index (χ1n) is 11.3. The summed E-state index contributed by atoms with van der Waals surface area (Å²) in [6, 6.07) is 0. The molecule has 3 saturated carbocycles. The van der Waals surface area contributed by atoms with Gasteiger partial charge in [-0.3, -0.25) is 4.79 Å². The van der Waals surface area contributed by atoms with Crippen molar-refractivity contribution in [1.29, 1.82) is 0 Å². The predicted octanol–water partition coefficient (Wildman–Crippen LogP) is 3.65. The maximum absolute atomic E-state index is 12.5. The standard InChI is InChI=1S/C24H32O7/c1-14(13-25)30-21(29)31-24(20(27)28)11-8-19-17-5-4-15-12-16(26)6-9-22(15,2)18(17)7-10-23(19,24)3/h6,9,12,14,17-19,25H,4-5,7-8,10-11,13H2,1-3H3,(H,27,28)/t14?,17-,18+,19+,22+,23+,24+/m1/s1. The molecule has 7 heteroatoms. The number of allylic oxidation sites excluding steroid dienone is 4. The second-order valence-corrected chi connectivity index (χ2v) is 10.2. The Morgan fingerprint density at radius 3 is 2.58 bits per heavy atom. The lowest BCUT2D eigenvalue weighted by molar-refractivity contribution is -0.186. The molecule has 0 aromatic heterocycles. The molecule has 0 saturated heterocycles. The number of ether oxygens (including phenoxy) is 2. The van der Waals surface area contributed by atoms with Gasteiger partial charge in [0.1, 0.15) is 6.10 Å². The molecule has 0 aliphatic heterocycles. The zero-order chi connectivity index (χ0) is 22.6. The molecule has 4 aliphatic carbocycles. The topological polar surface area (TPSA) is 110 Å². The number of ketones is 1. The van der Waals surface area contributed by atoms with E-state index in [0.29, 0.717) is 24.7 Å². The van der Waals surface area contributed by atoms with Crippen LogP contribution >= 0.6 is 0 Å². The summed E-state index contributed by atoms with van der Waals surface area (Å²) < 4.78 is 10.6. The van der Waals surface area contributed by atoms with Gasteiger partial charge in [-0.15, -0.1) is 0 Å². The van der Waals surface area contributed by atoms with Crippen molar-refractivity contribution in [2.45, 2.75) is 71.0 Å². The SMILES string of the molecule is CC(CO)OC(=O)O[C@]1(C(=O)O)CC[C@H]2[C@@H]3CCC4=CC(=O)C=C[C@]4(C)[C@H]3CC[C@@]21C. The lowest BCUT2D eigenvalue weighted by Gasteiger charge is -2.57. The summed E-state index contributed by atoms with van der Waals surface area (Å²) >= 11 is 0. The molecule has 170 valence electrons. The fraction of sp³-hybridized carbons (Fsp3) is 0.708. The number of aliphatic hydroxyl groups is 1. The number of carboxylic acids is 1. The van der Waals surface area contributed by atoms with E-state index in [4.69, 9.17) is 14.6 Å². The average Bonchev–Trinajstić information content (AvgIpc) is 3.01.